The minimum absolute atomic E-state index is 0.219. The van der Waals surface area contributed by atoms with Crippen molar-refractivity contribution in [2.24, 2.45) is 0 Å². The van der Waals surface area contributed by atoms with Gasteiger partial charge in [-0.3, -0.25) is 0 Å². The van der Waals surface area contributed by atoms with Crippen LogP contribution in [0.4, 0.5) is 0 Å². The molecule has 0 heterocycles. The van der Waals surface area contributed by atoms with Crippen LogP contribution in [-0.2, 0) is 27.3 Å². The van der Waals surface area contributed by atoms with Gasteiger partial charge in [-0.2, -0.15) is 0 Å². The minimum Gasteiger partial charge on any atom is -0.463 e. The fourth-order valence-corrected chi connectivity index (χ4v) is 10.4. The molecule has 0 aromatic heterocycles. The molecule has 0 amide bonds. The standard InChI is InChI=1S/C17H36O6Si3/c1-14(2)21-17(19)11-10-16(18)20-13-12-15(3)24(22-25(4,5)6)23-26(7,8)9/h10-11,14-15,24H,12-13H2,1-9H3/b11-10+. The average molecular weight is 421 g/mol. The minimum atomic E-state index is -1.85. The molecule has 6 nitrogen and oxygen atoms in total. The molecule has 0 saturated carbocycles. The summed E-state index contributed by atoms with van der Waals surface area (Å²) in [6, 6.07) is 0. The summed E-state index contributed by atoms with van der Waals surface area (Å²) >= 11 is 0. The van der Waals surface area contributed by atoms with Gasteiger partial charge in [0.15, 0.2) is 16.6 Å². The van der Waals surface area contributed by atoms with E-state index >= 15 is 0 Å². The summed E-state index contributed by atoms with van der Waals surface area (Å²) in [6.07, 6.45) is 2.65. The van der Waals surface area contributed by atoms with E-state index in [0.717, 1.165) is 12.2 Å². The highest BCUT2D eigenvalue weighted by Gasteiger charge is 2.32. The third-order valence-electron chi connectivity index (χ3n) is 2.93. The second-order valence-corrected chi connectivity index (χ2v) is 20.8. The predicted molar refractivity (Wildman–Crippen MR) is 111 cm³/mol. The maximum atomic E-state index is 11.7. The summed E-state index contributed by atoms with van der Waals surface area (Å²) in [4.78, 5) is 23.0. The van der Waals surface area contributed by atoms with Crippen molar-refractivity contribution >= 4 is 37.9 Å². The van der Waals surface area contributed by atoms with Crippen molar-refractivity contribution in [3.63, 3.8) is 0 Å². The third kappa shape index (κ3) is 14.4. The van der Waals surface area contributed by atoms with Crippen molar-refractivity contribution in [3.8, 4) is 0 Å². The van der Waals surface area contributed by atoms with Gasteiger partial charge in [0.2, 0.25) is 0 Å². The number of hydrogen-bond acceptors (Lipinski definition) is 6. The molecule has 26 heavy (non-hydrogen) atoms. The molecule has 0 saturated heterocycles. The number of rotatable bonds is 11. The number of carbonyl (C=O) groups is 2. The summed E-state index contributed by atoms with van der Waals surface area (Å²) in [5.41, 5.74) is 0.233. The van der Waals surface area contributed by atoms with Gasteiger partial charge < -0.3 is 17.7 Å². The maximum absolute atomic E-state index is 11.7. The molecule has 1 atom stereocenters. The second-order valence-electron chi connectivity index (χ2n) is 8.58. The number of carbonyl (C=O) groups excluding carboxylic acids is 2. The van der Waals surface area contributed by atoms with Crippen molar-refractivity contribution < 1.29 is 27.3 Å². The lowest BCUT2D eigenvalue weighted by molar-refractivity contribution is -0.142. The molecule has 0 bridgehead atoms. The predicted octanol–water partition coefficient (Wildman–Crippen LogP) is 3.74. The molecular weight excluding hydrogens is 384 g/mol. The topological polar surface area (TPSA) is 71.1 Å². The molecule has 0 rings (SSSR count). The molecule has 0 spiro atoms. The maximum Gasteiger partial charge on any atom is 0.331 e. The highest BCUT2D eigenvalue weighted by Crippen LogP contribution is 2.23. The van der Waals surface area contributed by atoms with Crippen LogP contribution in [0.15, 0.2) is 12.2 Å². The highest BCUT2D eigenvalue weighted by atomic mass is 28.4. The van der Waals surface area contributed by atoms with E-state index in [0.29, 0.717) is 6.42 Å². The summed E-state index contributed by atoms with van der Waals surface area (Å²) in [6.45, 7) is 18.8. The summed E-state index contributed by atoms with van der Waals surface area (Å²) in [5.74, 6) is -1.10. The number of ether oxygens (including phenoxy) is 2. The van der Waals surface area contributed by atoms with Gasteiger partial charge in [0, 0.05) is 12.2 Å². The van der Waals surface area contributed by atoms with Crippen molar-refractivity contribution in [2.45, 2.75) is 78.1 Å². The largest absolute Gasteiger partial charge is 0.463 e. The van der Waals surface area contributed by atoms with Gasteiger partial charge in [-0.05, 0) is 65.1 Å². The Balaban J connectivity index is 4.49. The third-order valence-corrected chi connectivity index (χ3v) is 11.7. The fraction of sp³-hybridized carbons (Fsp3) is 0.765. The van der Waals surface area contributed by atoms with Gasteiger partial charge in [-0.1, -0.05) is 6.92 Å². The van der Waals surface area contributed by atoms with Crippen molar-refractivity contribution in [3.05, 3.63) is 12.2 Å². The first kappa shape index (κ1) is 25.3. The second kappa shape index (κ2) is 11.2. The van der Waals surface area contributed by atoms with E-state index in [1.54, 1.807) is 13.8 Å². The Bertz CT molecular complexity index is 464. The van der Waals surface area contributed by atoms with Crippen LogP contribution in [0, 0.1) is 0 Å². The molecule has 152 valence electrons. The van der Waals surface area contributed by atoms with Gasteiger partial charge in [0.05, 0.1) is 12.7 Å². The Morgan fingerprint density at radius 2 is 1.35 bits per heavy atom. The van der Waals surface area contributed by atoms with Crippen LogP contribution in [0.5, 0.6) is 0 Å². The van der Waals surface area contributed by atoms with E-state index in [1.807, 2.05) is 0 Å². The van der Waals surface area contributed by atoms with Gasteiger partial charge in [-0.25, -0.2) is 9.59 Å². The van der Waals surface area contributed by atoms with E-state index in [-0.39, 0.29) is 18.3 Å². The molecule has 0 aliphatic carbocycles. The first-order valence-corrected chi connectivity index (χ1v) is 17.5. The van der Waals surface area contributed by atoms with E-state index < -0.39 is 37.9 Å². The van der Waals surface area contributed by atoms with Gasteiger partial charge in [-0.15, -0.1) is 0 Å². The Kier molecular flexibility index (Phi) is 10.9. The normalized spacial score (nSPS) is 14.1. The van der Waals surface area contributed by atoms with Gasteiger partial charge in [0.1, 0.15) is 0 Å². The van der Waals surface area contributed by atoms with Crippen LogP contribution in [0.3, 0.4) is 0 Å². The number of esters is 2. The zero-order valence-electron chi connectivity index (χ0n) is 17.8. The molecule has 0 fully saturated rings. The summed E-state index contributed by atoms with van der Waals surface area (Å²) < 4.78 is 22.7. The summed E-state index contributed by atoms with van der Waals surface area (Å²) in [7, 11) is -5.24. The van der Waals surface area contributed by atoms with Crippen molar-refractivity contribution in [1.82, 2.24) is 0 Å². The first-order valence-electron chi connectivity index (χ1n) is 9.10. The Morgan fingerprint density at radius 3 is 1.77 bits per heavy atom. The molecular formula is C17H36O6Si3. The number of hydrogen-bond donors (Lipinski definition) is 0. The zero-order chi connectivity index (χ0) is 20.5. The Labute approximate surface area is 162 Å². The molecule has 0 aliphatic rings. The molecule has 0 aromatic carbocycles. The van der Waals surface area contributed by atoms with E-state index in [2.05, 4.69) is 46.2 Å². The quantitative estimate of drug-likeness (QED) is 0.288. The first-order chi connectivity index (χ1) is 11.7. The summed E-state index contributed by atoms with van der Waals surface area (Å²) in [5, 5.41) is 0. The van der Waals surface area contributed by atoms with Crippen LogP contribution >= 0.6 is 0 Å². The smallest absolute Gasteiger partial charge is 0.331 e. The molecule has 0 radical (unpaired) electrons. The molecule has 0 aliphatic heterocycles. The molecule has 0 aromatic rings. The molecule has 0 N–H and O–H groups in total. The SMILES string of the molecule is CC(C)OC(=O)/C=C/C(=O)OCCC(C)[SiH](O[Si](C)(C)C)O[Si](C)(C)C. The fourth-order valence-electron chi connectivity index (χ4n) is 1.89. The monoisotopic (exact) mass is 420 g/mol. The average Bonchev–Trinajstić information content (AvgIpc) is 2.40. The van der Waals surface area contributed by atoms with Crippen LogP contribution in [0.1, 0.15) is 27.2 Å². The van der Waals surface area contributed by atoms with Crippen LogP contribution in [-0.4, -0.2) is 50.6 Å². The van der Waals surface area contributed by atoms with Crippen molar-refractivity contribution in [2.75, 3.05) is 6.61 Å². The molecule has 9 heteroatoms. The van der Waals surface area contributed by atoms with Crippen molar-refractivity contribution in [1.29, 1.82) is 0 Å². The van der Waals surface area contributed by atoms with E-state index in [9.17, 15) is 9.59 Å². The van der Waals surface area contributed by atoms with Crippen LogP contribution < -0.4 is 0 Å². The lowest BCUT2D eigenvalue weighted by Gasteiger charge is -2.33. The zero-order valence-corrected chi connectivity index (χ0v) is 20.9. The van der Waals surface area contributed by atoms with Gasteiger partial charge >= 0.3 is 21.2 Å². The van der Waals surface area contributed by atoms with E-state index in [1.165, 1.54) is 0 Å². The van der Waals surface area contributed by atoms with Crippen LogP contribution in [0.2, 0.25) is 44.8 Å². The Hall–Kier alpha value is -0.749. The van der Waals surface area contributed by atoms with Crippen LogP contribution in [0.25, 0.3) is 0 Å². The van der Waals surface area contributed by atoms with Gasteiger partial charge in [0.25, 0.3) is 0 Å². The lowest BCUT2D eigenvalue weighted by Crippen LogP contribution is -2.45. The lowest BCUT2D eigenvalue weighted by atomic mass is 10.3. The molecule has 1 unspecified atom stereocenters. The van der Waals surface area contributed by atoms with E-state index in [4.69, 9.17) is 17.7 Å². The highest BCUT2D eigenvalue weighted by molar-refractivity contribution is 6.81. The Morgan fingerprint density at radius 1 is 0.885 bits per heavy atom.